The molecule has 0 aliphatic carbocycles. The molecule has 21 heavy (non-hydrogen) atoms. The van der Waals surface area contributed by atoms with Gasteiger partial charge in [-0.15, -0.1) is 0 Å². The normalized spacial score (nSPS) is 11.5. The molecule has 2 aromatic carbocycles. The van der Waals surface area contributed by atoms with Crippen LogP contribution in [-0.2, 0) is 8.87 Å². The maximum Gasteiger partial charge on any atom is 0.237 e. The van der Waals surface area contributed by atoms with Gasteiger partial charge in [-0.05, 0) is 25.3 Å². The quantitative estimate of drug-likeness (QED) is 0.624. The van der Waals surface area contributed by atoms with Crippen LogP contribution in [0.15, 0.2) is 47.4 Å². The zero-order chi connectivity index (χ0) is 15.5. The van der Waals surface area contributed by atoms with Crippen LogP contribution in [0.25, 0.3) is 10.8 Å². The average Bonchev–Trinajstić information content (AvgIpc) is 2.47. The van der Waals surface area contributed by atoms with Crippen molar-refractivity contribution in [3.05, 3.63) is 42.5 Å². The predicted molar refractivity (Wildman–Crippen MR) is 94.2 cm³/mol. The van der Waals surface area contributed by atoms with Crippen molar-refractivity contribution in [2.24, 2.45) is 0 Å². The van der Waals surface area contributed by atoms with Crippen molar-refractivity contribution < 1.29 is 8.42 Å². The third kappa shape index (κ3) is 3.56. The van der Waals surface area contributed by atoms with E-state index < -0.39 is 8.87 Å². The first kappa shape index (κ1) is 16.3. The van der Waals surface area contributed by atoms with Crippen molar-refractivity contribution in [2.75, 3.05) is 13.1 Å². The lowest BCUT2D eigenvalue weighted by atomic mass is 10.1. The van der Waals surface area contributed by atoms with Crippen molar-refractivity contribution in [3.63, 3.8) is 0 Å². The summed E-state index contributed by atoms with van der Waals surface area (Å²) in [5.41, 5.74) is 0. The molecule has 0 aliphatic heterocycles. The van der Waals surface area contributed by atoms with E-state index in [1.807, 2.05) is 49.1 Å². The van der Waals surface area contributed by atoms with Crippen LogP contribution in [0.5, 0.6) is 0 Å². The first-order valence-electron chi connectivity index (χ1n) is 6.70. The number of hydrogen-bond donors (Lipinski definition) is 0. The van der Waals surface area contributed by atoms with Gasteiger partial charge in [0.1, 0.15) is 0 Å². The van der Waals surface area contributed by atoms with Gasteiger partial charge in [0.15, 0.2) is 4.32 Å². The molecular formula is C15H17NO2S3. The minimum atomic E-state index is -3.52. The van der Waals surface area contributed by atoms with E-state index in [9.17, 15) is 8.42 Å². The van der Waals surface area contributed by atoms with E-state index in [-0.39, 0.29) is 0 Å². The second-order valence-corrected chi connectivity index (χ2v) is 8.82. The van der Waals surface area contributed by atoms with Crippen LogP contribution >= 0.6 is 23.0 Å². The Labute approximate surface area is 134 Å². The van der Waals surface area contributed by atoms with E-state index >= 15 is 0 Å². The highest BCUT2D eigenvalue weighted by Gasteiger charge is 2.22. The summed E-state index contributed by atoms with van der Waals surface area (Å²) < 4.78 is 25.7. The highest BCUT2D eigenvalue weighted by atomic mass is 33.1. The fourth-order valence-corrected chi connectivity index (χ4v) is 6.08. The van der Waals surface area contributed by atoms with E-state index in [1.54, 1.807) is 12.1 Å². The second-order valence-electron chi connectivity index (χ2n) is 4.45. The number of hydrogen-bond acceptors (Lipinski definition) is 4. The molecule has 6 heteroatoms. The van der Waals surface area contributed by atoms with E-state index in [0.29, 0.717) is 22.3 Å². The van der Waals surface area contributed by atoms with E-state index in [0.717, 1.165) is 21.6 Å². The molecule has 0 unspecified atom stereocenters. The lowest BCUT2D eigenvalue weighted by Gasteiger charge is -2.20. The van der Waals surface area contributed by atoms with E-state index in [2.05, 4.69) is 0 Å². The highest BCUT2D eigenvalue weighted by molar-refractivity contribution is 8.79. The molecule has 0 radical (unpaired) electrons. The summed E-state index contributed by atoms with van der Waals surface area (Å²) in [5, 5.41) is 1.64. The predicted octanol–water partition coefficient (Wildman–Crippen LogP) is 3.89. The zero-order valence-corrected chi connectivity index (χ0v) is 14.4. The number of rotatable bonds is 4. The Kier molecular flexibility index (Phi) is 5.24. The van der Waals surface area contributed by atoms with Crippen molar-refractivity contribution in [1.82, 2.24) is 4.90 Å². The van der Waals surface area contributed by atoms with Gasteiger partial charge in [-0.25, -0.2) is 8.42 Å². The van der Waals surface area contributed by atoms with Gasteiger partial charge in [-0.2, -0.15) is 0 Å². The smallest absolute Gasteiger partial charge is 0.237 e. The van der Waals surface area contributed by atoms with E-state index in [4.69, 9.17) is 12.2 Å². The largest absolute Gasteiger partial charge is 0.357 e. The van der Waals surface area contributed by atoms with Crippen LogP contribution in [0.4, 0.5) is 0 Å². The van der Waals surface area contributed by atoms with Crippen molar-refractivity contribution in [3.8, 4) is 0 Å². The topological polar surface area (TPSA) is 37.4 Å². The fourth-order valence-electron chi connectivity index (χ4n) is 2.09. The van der Waals surface area contributed by atoms with Crippen LogP contribution in [0.2, 0.25) is 0 Å². The molecule has 2 rings (SSSR count). The Balaban J connectivity index is 2.41. The van der Waals surface area contributed by atoms with Crippen molar-refractivity contribution in [2.45, 2.75) is 18.7 Å². The summed E-state index contributed by atoms with van der Waals surface area (Å²) in [6.45, 7) is 5.32. The molecule has 0 aromatic heterocycles. The minimum Gasteiger partial charge on any atom is -0.357 e. The van der Waals surface area contributed by atoms with Gasteiger partial charge < -0.3 is 4.90 Å². The molecule has 0 saturated carbocycles. The lowest BCUT2D eigenvalue weighted by Crippen LogP contribution is -2.27. The fraction of sp³-hybridized carbons (Fsp3) is 0.267. The number of fused-ring (bicyclic) bond motifs is 1. The molecule has 2 aromatic rings. The van der Waals surface area contributed by atoms with Crippen LogP contribution in [0.3, 0.4) is 0 Å². The molecule has 0 bridgehead atoms. The molecule has 0 N–H and O–H groups in total. The van der Waals surface area contributed by atoms with Gasteiger partial charge in [-0.3, -0.25) is 0 Å². The third-order valence-corrected chi connectivity index (χ3v) is 7.23. The summed E-state index contributed by atoms with van der Waals surface area (Å²) in [4.78, 5) is 2.18. The van der Waals surface area contributed by atoms with Crippen LogP contribution in [0.1, 0.15) is 13.8 Å². The van der Waals surface area contributed by atoms with Crippen molar-refractivity contribution in [1.29, 1.82) is 0 Å². The van der Waals surface area contributed by atoms with Gasteiger partial charge in [-0.1, -0.05) is 48.6 Å². The molecule has 3 nitrogen and oxygen atoms in total. The van der Waals surface area contributed by atoms with Crippen LogP contribution in [-0.4, -0.2) is 30.7 Å². The molecule has 0 amide bonds. The van der Waals surface area contributed by atoms with Gasteiger partial charge in [0.25, 0.3) is 0 Å². The first-order chi connectivity index (χ1) is 9.99. The Hall–Kier alpha value is -1.11. The Morgan fingerprint density at radius 2 is 1.71 bits per heavy atom. The third-order valence-electron chi connectivity index (χ3n) is 3.22. The number of benzene rings is 2. The summed E-state index contributed by atoms with van der Waals surface area (Å²) in [6, 6.07) is 12.8. The van der Waals surface area contributed by atoms with Gasteiger partial charge >= 0.3 is 0 Å². The van der Waals surface area contributed by atoms with Gasteiger partial charge in [0, 0.05) is 29.3 Å². The number of nitrogens with zero attached hydrogens (tertiary/aromatic N) is 1. The maximum atomic E-state index is 12.6. The first-order valence-corrected chi connectivity index (χ1v) is 9.93. The SMILES string of the molecule is CCN(CC)C(=S)SS(=O)(=O)c1cccc2ccccc12. The molecule has 0 atom stereocenters. The Morgan fingerprint density at radius 3 is 2.38 bits per heavy atom. The molecule has 112 valence electrons. The molecular weight excluding hydrogens is 322 g/mol. The minimum absolute atomic E-state index is 0.320. The maximum absolute atomic E-state index is 12.6. The van der Waals surface area contributed by atoms with Crippen LogP contribution < -0.4 is 0 Å². The Bertz CT molecular complexity index is 747. The molecule has 0 aliphatic rings. The van der Waals surface area contributed by atoms with E-state index in [1.165, 1.54) is 0 Å². The van der Waals surface area contributed by atoms with Crippen LogP contribution in [0, 0.1) is 0 Å². The summed E-state index contributed by atoms with van der Waals surface area (Å²) >= 11 is 5.25. The van der Waals surface area contributed by atoms with Crippen molar-refractivity contribution >= 4 is 47.0 Å². The zero-order valence-electron chi connectivity index (χ0n) is 11.9. The standard InChI is InChI=1S/C15H17NO2S3/c1-3-16(4-2)15(19)20-21(17,18)14-11-7-9-12-8-5-6-10-13(12)14/h5-11H,3-4H2,1-2H3. The lowest BCUT2D eigenvalue weighted by molar-refractivity contribution is 0.482. The highest BCUT2D eigenvalue weighted by Crippen LogP contribution is 2.31. The molecule has 0 heterocycles. The summed E-state index contributed by atoms with van der Waals surface area (Å²) in [6.07, 6.45) is 0. The average molecular weight is 340 g/mol. The molecule has 0 saturated heterocycles. The molecule has 0 fully saturated rings. The monoisotopic (exact) mass is 339 g/mol. The van der Waals surface area contributed by atoms with Gasteiger partial charge in [0.2, 0.25) is 8.87 Å². The summed E-state index contributed by atoms with van der Waals surface area (Å²) in [5.74, 6) is 0. The second kappa shape index (κ2) is 6.77. The Morgan fingerprint density at radius 1 is 1.10 bits per heavy atom. The van der Waals surface area contributed by atoms with Gasteiger partial charge in [0.05, 0.1) is 4.90 Å². The molecule has 0 spiro atoms. The number of thiocarbonyl (C=S) groups is 1. The summed E-state index contributed by atoms with van der Waals surface area (Å²) in [7, 11) is -2.76.